The Hall–Kier alpha value is -1.36. The maximum atomic E-state index is 12.4. The lowest BCUT2D eigenvalue weighted by molar-refractivity contribution is 0.596. The highest BCUT2D eigenvalue weighted by Gasteiger charge is 2.22. The van der Waals surface area contributed by atoms with Crippen LogP contribution in [0.3, 0.4) is 0 Å². The summed E-state index contributed by atoms with van der Waals surface area (Å²) in [5, 5.41) is 8.72. The van der Waals surface area contributed by atoms with Crippen molar-refractivity contribution < 1.29 is 8.42 Å². The number of halogens is 1. The molecular formula is C12H9BrN2O2S2. The third kappa shape index (κ3) is 2.81. The van der Waals surface area contributed by atoms with Crippen molar-refractivity contribution in [3.8, 4) is 6.07 Å². The van der Waals surface area contributed by atoms with E-state index in [4.69, 9.17) is 5.26 Å². The summed E-state index contributed by atoms with van der Waals surface area (Å²) >= 11 is 4.41. The summed E-state index contributed by atoms with van der Waals surface area (Å²) in [6, 6.07) is 11.7. The summed E-state index contributed by atoms with van der Waals surface area (Å²) in [6.07, 6.45) is 0. The van der Waals surface area contributed by atoms with Gasteiger partial charge in [0.15, 0.2) is 0 Å². The van der Waals surface area contributed by atoms with Gasteiger partial charge in [-0.25, -0.2) is 8.42 Å². The van der Waals surface area contributed by atoms with E-state index in [1.54, 1.807) is 36.4 Å². The van der Waals surface area contributed by atoms with Gasteiger partial charge >= 0.3 is 0 Å². The van der Waals surface area contributed by atoms with Gasteiger partial charge in [-0.3, -0.25) is 4.31 Å². The predicted molar refractivity (Wildman–Crippen MR) is 78.8 cm³/mol. The van der Waals surface area contributed by atoms with Crippen molar-refractivity contribution in [1.29, 1.82) is 5.26 Å². The molecule has 1 heterocycles. The molecule has 0 atom stereocenters. The van der Waals surface area contributed by atoms with Gasteiger partial charge in [-0.2, -0.15) is 5.26 Å². The van der Waals surface area contributed by atoms with Crippen LogP contribution in [0, 0.1) is 11.3 Å². The summed E-state index contributed by atoms with van der Waals surface area (Å²) in [5.74, 6) is 0. The predicted octanol–water partition coefficient (Wildman–Crippen LogP) is 3.21. The van der Waals surface area contributed by atoms with Crippen LogP contribution in [-0.2, 0) is 10.0 Å². The van der Waals surface area contributed by atoms with E-state index in [-0.39, 0.29) is 4.21 Å². The minimum Gasteiger partial charge on any atom is -0.269 e. The quantitative estimate of drug-likeness (QED) is 0.848. The second kappa shape index (κ2) is 5.33. The standard InChI is InChI=1S/C12H9BrN2O2S2/c1-15(10-4-2-9(8-14)3-5-10)19(16,17)12-7-6-11(13)18-12/h2-7H,1H3. The van der Waals surface area contributed by atoms with E-state index >= 15 is 0 Å². The normalized spacial score (nSPS) is 11.0. The molecule has 0 saturated carbocycles. The van der Waals surface area contributed by atoms with E-state index in [9.17, 15) is 8.42 Å². The second-order valence-electron chi connectivity index (χ2n) is 3.69. The lowest BCUT2D eigenvalue weighted by atomic mass is 10.2. The van der Waals surface area contributed by atoms with Crippen molar-refractivity contribution in [2.24, 2.45) is 0 Å². The monoisotopic (exact) mass is 356 g/mol. The summed E-state index contributed by atoms with van der Waals surface area (Å²) in [5.41, 5.74) is 1.01. The molecule has 0 bridgehead atoms. The highest BCUT2D eigenvalue weighted by Crippen LogP contribution is 2.30. The first kappa shape index (κ1) is 14.1. The Labute approximate surface area is 124 Å². The van der Waals surface area contributed by atoms with Crippen LogP contribution >= 0.6 is 27.3 Å². The van der Waals surface area contributed by atoms with Gasteiger partial charge in [0.05, 0.1) is 21.1 Å². The third-order valence-electron chi connectivity index (χ3n) is 2.52. The molecule has 0 N–H and O–H groups in total. The Morgan fingerprint density at radius 1 is 1.21 bits per heavy atom. The number of rotatable bonds is 3. The number of benzene rings is 1. The first-order valence-corrected chi connectivity index (χ1v) is 8.24. The Kier molecular flexibility index (Phi) is 3.94. The number of nitrogens with zero attached hydrogens (tertiary/aromatic N) is 2. The Bertz CT molecular complexity index is 730. The molecule has 0 spiro atoms. The third-order valence-corrected chi connectivity index (χ3v) is 6.40. The molecule has 19 heavy (non-hydrogen) atoms. The number of hydrogen-bond donors (Lipinski definition) is 0. The van der Waals surface area contributed by atoms with Crippen LogP contribution in [0.15, 0.2) is 44.4 Å². The summed E-state index contributed by atoms with van der Waals surface area (Å²) in [7, 11) is -2.06. The van der Waals surface area contributed by atoms with Crippen molar-refractivity contribution in [3.05, 3.63) is 45.7 Å². The largest absolute Gasteiger partial charge is 0.273 e. The van der Waals surface area contributed by atoms with Crippen molar-refractivity contribution in [2.45, 2.75) is 4.21 Å². The number of thiophene rings is 1. The minimum atomic E-state index is -3.55. The average molecular weight is 357 g/mol. The van der Waals surface area contributed by atoms with Crippen LogP contribution in [0.4, 0.5) is 5.69 Å². The van der Waals surface area contributed by atoms with Gasteiger partial charge in [0, 0.05) is 7.05 Å². The number of hydrogen-bond acceptors (Lipinski definition) is 4. The van der Waals surface area contributed by atoms with Gasteiger partial charge in [-0.15, -0.1) is 11.3 Å². The van der Waals surface area contributed by atoms with E-state index in [0.717, 1.165) is 15.1 Å². The lowest BCUT2D eigenvalue weighted by Gasteiger charge is -2.18. The molecule has 7 heteroatoms. The zero-order valence-electron chi connectivity index (χ0n) is 9.87. The summed E-state index contributed by atoms with van der Waals surface area (Å²) < 4.78 is 26.9. The van der Waals surface area contributed by atoms with Crippen LogP contribution in [0.2, 0.25) is 0 Å². The number of sulfonamides is 1. The summed E-state index contributed by atoms with van der Waals surface area (Å²) in [6.45, 7) is 0. The summed E-state index contributed by atoms with van der Waals surface area (Å²) in [4.78, 5) is 0. The van der Waals surface area contributed by atoms with Crippen LogP contribution in [0.25, 0.3) is 0 Å². The number of anilines is 1. The maximum absolute atomic E-state index is 12.4. The van der Waals surface area contributed by atoms with Crippen molar-refractivity contribution in [3.63, 3.8) is 0 Å². The fraction of sp³-hybridized carbons (Fsp3) is 0.0833. The lowest BCUT2D eigenvalue weighted by Crippen LogP contribution is -2.25. The van der Waals surface area contributed by atoms with Crippen molar-refractivity contribution >= 4 is 43.0 Å². The molecular weight excluding hydrogens is 348 g/mol. The Morgan fingerprint density at radius 2 is 1.84 bits per heavy atom. The van der Waals surface area contributed by atoms with Gasteiger partial charge in [-0.1, -0.05) is 0 Å². The topological polar surface area (TPSA) is 61.2 Å². The van der Waals surface area contributed by atoms with Gasteiger partial charge in [0.25, 0.3) is 10.0 Å². The molecule has 0 aliphatic heterocycles. The van der Waals surface area contributed by atoms with Gasteiger partial charge < -0.3 is 0 Å². The molecule has 0 fully saturated rings. The molecule has 1 aromatic carbocycles. The molecule has 2 aromatic rings. The second-order valence-corrected chi connectivity index (χ2v) is 8.35. The van der Waals surface area contributed by atoms with Crippen LogP contribution in [0.5, 0.6) is 0 Å². The molecule has 4 nitrogen and oxygen atoms in total. The van der Waals surface area contributed by atoms with Crippen LogP contribution in [-0.4, -0.2) is 15.5 Å². The molecule has 0 radical (unpaired) electrons. The van der Waals surface area contributed by atoms with Gasteiger partial charge in [0.1, 0.15) is 4.21 Å². The molecule has 98 valence electrons. The first-order chi connectivity index (χ1) is 8.95. The smallest absolute Gasteiger partial charge is 0.269 e. The van der Waals surface area contributed by atoms with Gasteiger partial charge in [0.2, 0.25) is 0 Å². The fourth-order valence-corrected chi connectivity index (χ4v) is 4.83. The van der Waals surface area contributed by atoms with Gasteiger partial charge in [-0.05, 0) is 52.3 Å². The zero-order valence-corrected chi connectivity index (χ0v) is 13.1. The van der Waals surface area contributed by atoms with Crippen LogP contribution < -0.4 is 4.31 Å². The van der Waals surface area contributed by atoms with E-state index < -0.39 is 10.0 Å². The Morgan fingerprint density at radius 3 is 2.32 bits per heavy atom. The average Bonchev–Trinajstić information content (AvgIpc) is 2.85. The highest BCUT2D eigenvalue weighted by atomic mass is 79.9. The maximum Gasteiger partial charge on any atom is 0.273 e. The first-order valence-electron chi connectivity index (χ1n) is 5.19. The molecule has 1 aromatic heterocycles. The van der Waals surface area contributed by atoms with Crippen molar-refractivity contribution in [1.82, 2.24) is 0 Å². The minimum absolute atomic E-state index is 0.270. The number of nitriles is 1. The molecule has 0 aliphatic rings. The molecule has 0 aliphatic carbocycles. The highest BCUT2D eigenvalue weighted by molar-refractivity contribution is 9.11. The molecule has 0 unspecified atom stereocenters. The van der Waals surface area contributed by atoms with E-state index in [1.165, 1.54) is 11.4 Å². The molecule has 2 rings (SSSR count). The van der Waals surface area contributed by atoms with E-state index in [0.29, 0.717) is 11.3 Å². The van der Waals surface area contributed by atoms with E-state index in [2.05, 4.69) is 15.9 Å². The fourth-order valence-electron chi connectivity index (χ4n) is 1.46. The molecule has 0 saturated heterocycles. The zero-order chi connectivity index (χ0) is 14.0. The molecule has 0 amide bonds. The van der Waals surface area contributed by atoms with E-state index in [1.807, 2.05) is 6.07 Å². The SMILES string of the molecule is CN(c1ccc(C#N)cc1)S(=O)(=O)c1ccc(Br)s1. The Balaban J connectivity index is 2.37. The van der Waals surface area contributed by atoms with Crippen LogP contribution in [0.1, 0.15) is 5.56 Å². The van der Waals surface area contributed by atoms with Crippen molar-refractivity contribution in [2.75, 3.05) is 11.4 Å².